The van der Waals surface area contributed by atoms with Crippen LogP contribution in [0.15, 0.2) is 12.4 Å². The summed E-state index contributed by atoms with van der Waals surface area (Å²) in [5.74, 6) is 0.814. The second kappa shape index (κ2) is 7.76. The molecule has 1 aromatic heterocycles. The van der Waals surface area contributed by atoms with Gasteiger partial charge in [0.2, 0.25) is 0 Å². The summed E-state index contributed by atoms with van der Waals surface area (Å²) >= 11 is 5.86. The molecule has 1 aliphatic carbocycles. The van der Waals surface area contributed by atoms with Gasteiger partial charge in [-0.05, 0) is 32.6 Å². The number of hydrogen-bond donors (Lipinski definition) is 2. The number of rotatable bonds is 6. The Morgan fingerprint density at radius 2 is 2.00 bits per heavy atom. The molecule has 6 heteroatoms. The lowest BCUT2D eigenvalue weighted by Crippen LogP contribution is -2.42. The minimum absolute atomic E-state index is 0.412. The summed E-state index contributed by atoms with van der Waals surface area (Å²) in [7, 11) is 1.74. The third-order valence-corrected chi connectivity index (χ3v) is 3.86. The zero-order chi connectivity index (χ0) is 14.4. The van der Waals surface area contributed by atoms with Gasteiger partial charge in [-0.1, -0.05) is 11.6 Å². The third kappa shape index (κ3) is 4.89. The second-order valence-electron chi connectivity index (χ2n) is 5.44. The molecule has 0 amide bonds. The van der Waals surface area contributed by atoms with Gasteiger partial charge in [-0.2, -0.15) is 0 Å². The van der Waals surface area contributed by atoms with Crippen LogP contribution < -0.4 is 10.6 Å². The Morgan fingerprint density at radius 3 is 2.65 bits per heavy atom. The Morgan fingerprint density at radius 1 is 1.30 bits per heavy atom. The van der Waals surface area contributed by atoms with Gasteiger partial charge in [0, 0.05) is 31.3 Å². The van der Waals surface area contributed by atoms with Crippen molar-refractivity contribution in [3.05, 3.63) is 17.5 Å². The first-order valence-electron chi connectivity index (χ1n) is 7.16. The van der Waals surface area contributed by atoms with Crippen molar-refractivity contribution in [3.63, 3.8) is 0 Å². The standard InChI is InChI=1S/C14H23ClN4O/c1-10(8-20-2)18-11-3-5-12(6-4-11)19-14-7-13(15)16-9-17-14/h7,9-12,18H,3-6,8H2,1-2H3,(H,16,17,19)/t10-,11-,12-/m1/s1. The second-order valence-corrected chi connectivity index (χ2v) is 5.83. The van der Waals surface area contributed by atoms with E-state index in [-0.39, 0.29) is 0 Å². The van der Waals surface area contributed by atoms with Gasteiger partial charge in [0.25, 0.3) is 0 Å². The Bertz CT molecular complexity index is 410. The van der Waals surface area contributed by atoms with Crippen molar-refractivity contribution in [1.29, 1.82) is 0 Å². The molecule has 5 nitrogen and oxygen atoms in total. The van der Waals surface area contributed by atoms with Crippen molar-refractivity contribution in [2.24, 2.45) is 0 Å². The van der Waals surface area contributed by atoms with Gasteiger partial charge in [-0.3, -0.25) is 0 Å². The lowest BCUT2D eigenvalue weighted by molar-refractivity contribution is 0.161. The summed E-state index contributed by atoms with van der Waals surface area (Å²) in [6, 6.07) is 3.24. The van der Waals surface area contributed by atoms with Gasteiger partial charge < -0.3 is 15.4 Å². The van der Waals surface area contributed by atoms with E-state index in [0.717, 1.165) is 25.3 Å². The number of anilines is 1. The fraction of sp³-hybridized carbons (Fsp3) is 0.714. The van der Waals surface area contributed by atoms with Gasteiger partial charge >= 0.3 is 0 Å². The Hall–Kier alpha value is -0.910. The van der Waals surface area contributed by atoms with Crippen LogP contribution in [-0.2, 0) is 4.74 Å². The maximum atomic E-state index is 5.86. The summed E-state index contributed by atoms with van der Waals surface area (Å²) in [6.07, 6.45) is 6.11. The first-order valence-corrected chi connectivity index (χ1v) is 7.54. The van der Waals surface area contributed by atoms with Crippen LogP contribution in [0, 0.1) is 0 Å². The molecule has 0 spiro atoms. The molecular formula is C14H23ClN4O. The quantitative estimate of drug-likeness (QED) is 0.790. The van der Waals surface area contributed by atoms with Crippen molar-refractivity contribution < 1.29 is 4.74 Å². The molecule has 1 heterocycles. The number of aromatic nitrogens is 2. The molecular weight excluding hydrogens is 276 g/mol. The fourth-order valence-electron chi connectivity index (χ4n) is 2.73. The van der Waals surface area contributed by atoms with Crippen LogP contribution in [0.3, 0.4) is 0 Å². The van der Waals surface area contributed by atoms with Crippen LogP contribution >= 0.6 is 11.6 Å². The van der Waals surface area contributed by atoms with Crippen LogP contribution in [0.4, 0.5) is 5.82 Å². The molecule has 2 N–H and O–H groups in total. The number of nitrogens with one attached hydrogen (secondary N) is 2. The van der Waals surface area contributed by atoms with Gasteiger partial charge in [-0.25, -0.2) is 9.97 Å². The van der Waals surface area contributed by atoms with E-state index in [1.807, 2.05) is 0 Å². The van der Waals surface area contributed by atoms with Gasteiger partial charge in [0.15, 0.2) is 0 Å². The van der Waals surface area contributed by atoms with E-state index in [1.165, 1.54) is 19.2 Å². The highest BCUT2D eigenvalue weighted by Crippen LogP contribution is 2.22. The van der Waals surface area contributed by atoms with E-state index in [9.17, 15) is 0 Å². The van der Waals surface area contributed by atoms with Crippen LogP contribution in [0.25, 0.3) is 0 Å². The predicted molar refractivity (Wildman–Crippen MR) is 81.2 cm³/mol. The monoisotopic (exact) mass is 298 g/mol. The molecule has 1 saturated carbocycles. The molecule has 1 aliphatic rings. The highest BCUT2D eigenvalue weighted by atomic mass is 35.5. The first-order chi connectivity index (χ1) is 9.67. The van der Waals surface area contributed by atoms with Crippen LogP contribution in [0.1, 0.15) is 32.6 Å². The van der Waals surface area contributed by atoms with E-state index in [2.05, 4.69) is 27.5 Å². The third-order valence-electron chi connectivity index (χ3n) is 3.65. The summed E-state index contributed by atoms with van der Waals surface area (Å²) in [4.78, 5) is 8.07. The molecule has 0 unspecified atom stereocenters. The Balaban J connectivity index is 1.74. The molecule has 0 saturated heterocycles. The molecule has 0 aliphatic heterocycles. The molecule has 0 bridgehead atoms. The van der Waals surface area contributed by atoms with Crippen molar-refractivity contribution in [3.8, 4) is 0 Å². The van der Waals surface area contributed by atoms with E-state index in [4.69, 9.17) is 16.3 Å². The minimum Gasteiger partial charge on any atom is -0.383 e. The summed E-state index contributed by atoms with van der Waals surface area (Å²) in [5.41, 5.74) is 0. The highest BCUT2D eigenvalue weighted by molar-refractivity contribution is 6.29. The van der Waals surface area contributed by atoms with Crippen LogP contribution in [0.2, 0.25) is 5.15 Å². The van der Waals surface area contributed by atoms with E-state index >= 15 is 0 Å². The Labute approximate surface area is 125 Å². The van der Waals surface area contributed by atoms with E-state index in [0.29, 0.717) is 23.3 Å². The number of hydrogen-bond acceptors (Lipinski definition) is 5. The topological polar surface area (TPSA) is 59.1 Å². The SMILES string of the molecule is COC[C@@H](C)N[C@H]1CC[C@H](Nc2cc(Cl)ncn2)CC1. The van der Waals surface area contributed by atoms with E-state index in [1.54, 1.807) is 13.2 Å². The average molecular weight is 299 g/mol. The van der Waals surface area contributed by atoms with Gasteiger partial charge in [0.05, 0.1) is 6.61 Å². The molecule has 0 radical (unpaired) electrons. The first kappa shape index (κ1) is 15.5. The maximum Gasteiger partial charge on any atom is 0.134 e. The molecule has 1 fully saturated rings. The fourth-order valence-corrected chi connectivity index (χ4v) is 2.87. The van der Waals surface area contributed by atoms with E-state index < -0.39 is 0 Å². The number of halogens is 1. The van der Waals surface area contributed by atoms with Crippen molar-refractivity contribution in [2.45, 2.75) is 50.7 Å². The normalized spacial score (nSPS) is 24.4. The molecule has 1 atom stereocenters. The largest absolute Gasteiger partial charge is 0.383 e. The van der Waals surface area contributed by atoms with Gasteiger partial charge in [-0.15, -0.1) is 0 Å². The number of ether oxygens (including phenoxy) is 1. The zero-order valence-electron chi connectivity index (χ0n) is 12.1. The molecule has 112 valence electrons. The smallest absolute Gasteiger partial charge is 0.134 e. The van der Waals surface area contributed by atoms with Gasteiger partial charge in [0.1, 0.15) is 17.3 Å². The van der Waals surface area contributed by atoms with Crippen molar-refractivity contribution >= 4 is 17.4 Å². The summed E-state index contributed by atoms with van der Waals surface area (Å²) < 4.78 is 5.15. The number of nitrogens with zero attached hydrogens (tertiary/aromatic N) is 2. The summed E-state index contributed by atoms with van der Waals surface area (Å²) in [5, 5.41) is 7.52. The van der Waals surface area contributed by atoms with Crippen molar-refractivity contribution in [1.82, 2.24) is 15.3 Å². The minimum atomic E-state index is 0.412. The Kier molecular flexibility index (Phi) is 6.01. The highest BCUT2D eigenvalue weighted by Gasteiger charge is 2.22. The maximum absolute atomic E-state index is 5.86. The molecule has 20 heavy (non-hydrogen) atoms. The zero-order valence-corrected chi connectivity index (χ0v) is 12.9. The summed E-state index contributed by atoms with van der Waals surface area (Å²) in [6.45, 7) is 2.92. The lowest BCUT2D eigenvalue weighted by Gasteiger charge is -2.31. The molecule has 1 aromatic rings. The van der Waals surface area contributed by atoms with Crippen LogP contribution in [-0.4, -0.2) is 41.8 Å². The van der Waals surface area contributed by atoms with Crippen molar-refractivity contribution in [2.75, 3.05) is 19.0 Å². The van der Waals surface area contributed by atoms with Crippen LogP contribution in [0.5, 0.6) is 0 Å². The average Bonchev–Trinajstić information content (AvgIpc) is 2.41. The molecule has 0 aromatic carbocycles. The lowest BCUT2D eigenvalue weighted by atomic mass is 9.91. The molecule has 2 rings (SSSR count). The predicted octanol–water partition coefficient (Wildman–Crippen LogP) is 2.48. The number of methoxy groups -OCH3 is 1.